The monoisotopic (exact) mass is 568 g/mol. The maximum Gasteiger partial charge on any atom is 0.248 e. The van der Waals surface area contributed by atoms with Crippen LogP contribution < -0.4 is 9.80 Å². The minimum absolute atomic E-state index is 0.0282. The molecule has 200 valence electrons. The molecule has 0 atom stereocenters. The van der Waals surface area contributed by atoms with Gasteiger partial charge in [0.2, 0.25) is 11.8 Å². The minimum atomic E-state index is -0.0282. The molecule has 2 aliphatic heterocycles. The van der Waals surface area contributed by atoms with Crippen molar-refractivity contribution in [2.45, 2.75) is 0 Å². The Bertz CT molecular complexity index is 1510. The highest BCUT2D eigenvalue weighted by Gasteiger charge is 2.23. The third kappa shape index (κ3) is 5.69. The number of nitrogens with zero attached hydrogens (tertiary/aromatic N) is 4. The average Bonchev–Trinajstić information content (AvgIpc) is 3.17. The number of carbonyl (C=O) groups is 2. The van der Waals surface area contributed by atoms with Crippen molar-refractivity contribution in [1.29, 1.82) is 0 Å². The molecule has 0 aliphatic carbocycles. The van der Waals surface area contributed by atoms with Crippen LogP contribution in [0.25, 0.3) is 0 Å². The van der Waals surface area contributed by atoms with Crippen LogP contribution in [0.3, 0.4) is 0 Å². The Balaban J connectivity index is 0.000000161. The molecule has 0 unspecified atom stereocenters. The lowest BCUT2D eigenvalue weighted by atomic mass is 10.0. The molecule has 8 heteroatoms. The van der Waals surface area contributed by atoms with Crippen LogP contribution in [0, 0.1) is 0 Å². The molecule has 2 aliphatic rings. The van der Waals surface area contributed by atoms with Gasteiger partial charge in [0.15, 0.2) is 0 Å². The van der Waals surface area contributed by atoms with Crippen molar-refractivity contribution >= 4 is 57.8 Å². The van der Waals surface area contributed by atoms with Crippen molar-refractivity contribution in [2.75, 3.05) is 37.0 Å². The number of anilines is 2. The van der Waals surface area contributed by atoms with Gasteiger partial charge in [0, 0.05) is 46.4 Å². The predicted octanol–water partition coefficient (Wildman–Crippen LogP) is 6.31. The molecule has 0 bridgehead atoms. The highest BCUT2D eigenvalue weighted by molar-refractivity contribution is 6.32. The van der Waals surface area contributed by atoms with Crippen LogP contribution in [0.1, 0.15) is 22.3 Å². The van der Waals surface area contributed by atoms with E-state index in [0.29, 0.717) is 10.0 Å². The summed E-state index contributed by atoms with van der Waals surface area (Å²) >= 11 is 12.2. The molecule has 0 fully saturated rings. The number of fused-ring (bicyclic) bond motifs is 2. The molecule has 40 heavy (non-hydrogen) atoms. The first-order valence-corrected chi connectivity index (χ1v) is 13.4. The Hall–Kier alpha value is -4.26. The molecule has 4 aromatic carbocycles. The van der Waals surface area contributed by atoms with Gasteiger partial charge < -0.3 is 9.80 Å². The number of carbonyl (C=O) groups excluding carboxylic acids is 2. The van der Waals surface area contributed by atoms with E-state index >= 15 is 0 Å². The maximum atomic E-state index is 12.0. The third-order valence-electron chi connectivity index (χ3n) is 6.74. The van der Waals surface area contributed by atoms with E-state index in [9.17, 15) is 9.59 Å². The number of likely N-dealkylation sites (N-methyl/N-ethyl adjacent to an activating group) is 2. The van der Waals surface area contributed by atoms with Crippen molar-refractivity contribution in [3.63, 3.8) is 0 Å². The molecule has 0 spiro atoms. The van der Waals surface area contributed by atoms with Gasteiger partial charge in [-0.25, -0.2) is 0 Å². The second kappa shape index (κ2) is 11.9. The summed E-state index contributed by atoms with van der Waals surface area (Å²) in [6.07, 6.45) is 0. The van der Waals surface area contributed by atoms with E-state index < -0.39 is 0 Å². The summed E-state index contributed by atoms with van der Waals surface area (Å²) in [7, 11) is 3.52. The van der Waals surface area contributed by atoms with Gasteiger partial charge in [-0.3, -0.25) is 19.6 Å². The van der Waals surface area contributed by atoms with Gasteiger partial charge in [0.05, 0.1) is 22.8 Å². The number of rotatable bonds is 2. The Kier molecular flexibility index (Phi) is 8.10. The first kappa shape index (κ1) is 27.3. The van der Waals surface area contributed by atoms with E-state index in [1.54, 1.807) is 36.0 Å². The number of hydrogen-bond donors (Lipinski definition) is 0. The second-order valence-electron chi connectivity index (χ2n) is 9.29. The lowest BCUT2D eigenvalue weighted by Crippen LogP contribution is -2.27. The minimum Gasteiger partial charge on any atom is -0.313 e. The zero-order chi connectivity index (χ0) is 28.2. The molecule has 6 rings (SSSR count). The van der Waals surface area contributed by atoms with Crippen molar-refractivity contribution in [3.8, 4) is 0 Å². The van der Waals surface area contributed by atoms with Crippen LogP contribution in [0.5, 0.6) is 0 Å². The number of benzodiazepines with no additional fused rings is 2. The largest absolute Gasteiger partial charge is 0.313 e. The molecule has 2 heterocycles. The first-order valence-electron chi connectivity index (χ1n) is 12.7. The lowest BCUT2D eigenvalue weighted by molar-refractivity contribution is -0.117. The normalized spacial score (nSPS) is 14.6. The summed E-state index contributed by atoms with van der Waals surface area (Å²) in [5, 5.41) is 1.27. The molecule has 4 aromatic rings. The summed E-state index contributed by atoms with van der Waals surface area (Å²) in [4.78, 5) is 36.3. The van der Waals surface area contributed by atoms with E-state index in [0.717, 1.165) is 45.1 Å². The van der Waals surface area contributed by atoms with Crippen LogP contribution >= 0.6 is 23.2 Å². The van der Waals surface area contributed by atoms with E-state index in [4.69, 9.17) is 23.2 Å². The van der Waals surface area contributed by atoms with E-state index in [-0.39, 0.29) is 24.9 Å². The molecular weight excluding hydrogens is 543 g/mol. The summed E-state index contributed by atoms with van der Waals surface area (Å²) < 4.78 is 0. The van der Waals surface area contributed by atoms with Crippen LogP contribution in [-0.2, 0) is 9.59 Å². The number of halogens is 2. The van der Waals surface area contributed by atoms with Crippen molar-refractivity contribution in [3.05, 3.63) is 129 Å². The standard InChI is InChI=1S/2C16H13ClN2O/c2*1-19-14-8-7-12(17)9-13(14)16(18-10-15(19)20)11-5-3-2-4-6-11/h2*2-9H,10H2,1H3. The highest BCUT2D eigenvalue weighted by Crippen LogP contribution is 2.30. The van der Waals surface area contributed by atoms with Gasteiger partial charge in [0.1, 0.15) is 13.1 Å². The topological polar surface area (TPSA) is 65.3 Å². The Morgan fingerprint density at radius 1 is 0.575 bits per heavy atom. The number of amides is 2. The molecule has 6 nitrogen and oxygen atoms in total. The Morgan fingerprint density at radius 3 is 1.32 bits per heavy atom. The van der Waals surface area contributed by atoms with Gasteiger partial charge in [-0.05, 0) is 36.4 Å². The van der Waals surface area contributed by atoms with Gasteiger partial charge in [-0.2, -0.15) is 0 Å². The quantitative estimate of drug-likeness (QED) is 0.284. The van der Waals surface area contributed by atoms with Crippen molar-refractivity contribution in [1.82, 2.24) is 0 Å². The number of benzene rings is 4. The van der Waals surface area contributed by atoms with Crippen molar-refractivity contribution in [2.24, 2.45) is 9.98 Å². The van der Waals surface area contributed by atoms with Crippen LogP contribution in [0.15, 0.2) is 107 Å². The van der Waals surface area contributed by atoms with Gasteiger partial charge in [-0.15, -0.1) is 0 Å². The second-order valence-corrected chi connectivity index (χ2v) is 10.2. The van der Waals surface area contributed by atoms with Gasteiger partial charge in [-0.1, -0.05) is 83.9 Å². The summed E-state index contributed by atoms with van der Waals surface area (Å²) in [6.45, 7) is 0.292. The zero-order valence-electron chi connectivity index (χ0n) is 22.0. The molecule has 0 saturated heterocycles. The SMILES string of the molecule is CN1C(=O)CN=C(c2ccccc2)c2cc(Cl)ccc21.CN1C(=O)CN=C(c2ccccc2)c2cc(Cl)ccc21. The van der Waals surface area contributed by atoms with Gasteiger partial charge >= 0.3 is 0 Å². The van der Waals surface area contributed by atoms with Gasteiger partial charge in [0.25, 0.3) is 0 Å². The average molecular weight is 569 g/mol. The lowest BCUT2D eigenvalue weighted by Gasteiger charge is -2.18. The fourth-order valence-electron chi connectivity index (χ4n) is 4.61. The van der Waals surface area contributed by atoms with E-state index in [1.165, 1.54) is 0 Å². The Morgan fingerprint density at radius 2 is 0.950 bits per heavy atom. The van der Waals surface area contributed by atoms with E-state index in [2.05, 4.69) is 9.98 Å². The summed E-state index contributed by atoms with van der Waals surface area (Å²) in [6, 6.07) is 30.7. The van der Waals surface area contributed by atoms with E-state index in [1.807, 2.05) is 84.9 Å². The molecular formula is C32H26Cl2N4O2. The van der Waals surface area contributed by atoms with Crippen molar-refractivity contribution < 1.29 is 9.59 Å². The highest BCUT2D eigenvalue weighted by atomic mass is 35.5. The Labute approximate surface area is 243 Å². The first-order chi connectivity index (χ1) is 19.3. The summed E-state index contributed by atoms with van der Waals surface area (Å²) in [5.41, 5.74) is 7.02. The number of aliphatic imine (C=N–C) groups is 2. The summed E-state index contributed by atoms with van der Waals surface area (Å²) in [5.74, 6) is -0.0565. The predicted molar refractivity (Wildman–Crippen MR) is 164 cm³/mol. The molecule has 0 radical (unpaired) electrons. The maximum absolute atomic E-state index is 12.0. The fraction of sp³-hybridized carbons (Fsp3) is 0.125. The third-order valence-corrected chi connectivity index (χ3v) is 7.21. The molecule has 0 aromatic heterocycles. The van der Waals surface area contributed by atoms with Crippen LogP contribution in [0.4, 0.5) is 11.4 Å². The van der Waals surface area contributed by atoms with Crippen LogP contribution in [-0.4, -0.2) is 50.4 Å². The smallest absolute Gasteiger partial charge is 0.248 e. The molecule has 0 N–H and O–H groups in total. The number of hydrogen-bond acceptors (Lipinski definition) is 4. The van der Waals surface area contributed by atoms with Crippen LogP contribution in [0.2, 0.25) is 10.0 Å². The zero-order valence-corrected chi connectivity index (χ0v) is 23.5. The molecule has 2 amide bonds. The molecule has 0 saturated carbocycles. The fourth-order valence-corrected chi connectivity index (χ4v) is 4.96.